The van der Waals surface area contributed by atoms with E-state index in [0.29, 0.717) is 16.9 Å². The second kappa shape index (κ2) is 7.92. The van der Waals surface area contributed by atoms with Gasteiger partial charge in [-0.3, -0.25) is 14.1 Å². The van der Waals surface area contributed by atoms with Gasteiger partial charge in [0.25, 0.3) is 5.91 Å². The zero-order valence-corrected chi connectivity index (χ0v) is 17.4. The second-order valence-electron chi connectivity index (χ2n) is 7.49. The van der Waals surface area contributed by atoms with E-state index in [1.54, 1.807) is 26.0 Å². The van der Waals surface area contributed by atoms with Gasteiger partial charge in [-0.2, -0.15) is 0 Å². The van der Waals surface area contributed by atoms with Gasteiger partial charge in [0.1, 0.15) is 23.3 Å². The first-order valence-electron chi connectivity index (χ1n) is 9.02. The predicted molar refractivity (Wildman–Crippen MR) is 105 cm³/mol. The average Bonchev–Trinajstić information content (AvgIpc) is 2.63. The summed E-state index contributed by atoms with van der Waals surface area (Å²) in [4.78, 5) is 43.5. The predicted octanol–water partition coefficient (Wildman–Crippen LogP) is 3.15. The van der Waals surface area contributed by atoms with Crippen molar-refractivity contribution in [1.29, 1.82) is 0 Å². The molecule has 0 aromatic heterocycles. The Morgan fingerprint density at radius 2 is 1.73 bits per heavy atom. The molecule has 0 fully saturated rings. The number of carbonyl (C=O) groups is 2. The minimum absolute atomic E-state index is 0.139. The molecule has 0 spiro atoms. The molecule has 1 aliphatic heterocycles. The number of phosphoric ester groups is 1. The van der Waals surface area contributed by atoms with E-state index in [1.165, 1.54) is 25.1 Å². The fourth-order valence-electron chi connectivity index (χ4n) is 3.32. The third-order valence-electron chi connectivity index (χ3n) is 4.76. The van der Waals surface area contributed by atoms with Crippen molar-refractivity contribution in [3.63, 3.8) is 0 Å². The lowest BCUT2D eigenvalue weighted by Gasteiger charge is -2.44. The van der Waals surface area contributed by atoms with Crippen LogP contribution in [-0.4, -0.2) is 33.2 Å². The Kier molecular flexibility index (Phi) is 5.84. The molecule has 10 heteroatoms. The number of amides is 1. The van der Waals surface area contributed by atoms with Crippen molar-refractivity contribution in [2.45, 2.75) is 38.5 Å². The number of rotatable bonds is 5. The van der Waals surface area contributed by atoms with Crippen LogP contribution in [0.5, 0.6) is 5.75 Å². The van der Waals surface area contributed by atoms with Gasteiger partial charge in [-0.05, 0) is 63.2 Å². The zero-order valence-electron chi connectivity index (χ0n) is 16.5. The van der Waals surface area contributed by atoms with Gasteiger partial charge in [0.15, 0.2) is 5.78 Å². The Morgan fingerprint density at radius 1 is 1.13 bits per heavy atom. The van der Waals surface area contributed by atoms with Crippen LogP contribution in [0.3, 0.4) is 0 Å². The molecule has 0 saturated heterocycles. The molecule has 1 amide bonds. The van der Waals surface area contributed by atoms with Crippen LogP contribution in [0.25, 0.3) is 0 Å². The standard InChI is InChI=1S/C20H21FNO7P/c1-11(23)13-6-9-16-15(10-13)17(18(20(2,3)28-16)29-30(25,26)27)22-19(24)12-4-7-14(21)8-5-12/h4-10,17-18H,1-3H3,(H,22,24)(H2,25,26,27)/t17-,18+/m1/s1. The molecule has 0 bridgehead atoms. The highest BCUT2D eigenvalue weighted by Gasteiger charge is 2.48. The maximum atomic E-state index is 13.2. The summed E-state index contributed by atoms with van der Waals surface area (Å²) in [6.45, 7) is 4.49. The molecule has 3 N–H and O–H groups in total. The second-order valence-corrected chi connectivity index (χ2v) is 8.68. The van der Waals surface area contributed by atoms with E-state index in [2.05, 4.69) is 5.32 Å². The van der Waals surface area contributed by atoms with Crippen LogP contribution in [0.4, 0.5) is 4.39 Å². The lowest BCUT2D eigenvalue weighted by Crippen LogP contribution is -2.54. The summed E-state index contributed by atoms with van der Waals surface area (Å²) < 4.78 is 35.7. The Balaban J connectivity index is 2.08. The van der Waals surface area contributed by atoms with Crippen LogP contribution in [0.1, 0.15) is 53.1 Å². The number of ether oxygens (including phenoxy) is 1. The van der Waals surface area contributed by atoms with Crippen LogP contribution in [0.15, 0.2) is 42.5 Å². The number of phosphoric acid groups is 1. The van der Waals surface area contributed by atoms with E-state index in [0.717, 1.165) is 12.1 Å². The van der Waals surface area contributed by atoms with Crippen LogP contribution >= 0.6 is 7.82 Å². The smallest absolute Gasteiger partial charge is 0.470 e. The van der Waals surface area contributed by atoms with Gasteiger partial charge in [0.05, 0.1) is 6.04 Å². The Hall–Kier alpha value is -2.58. The summed E-state index contributed by atoms with van der Waals surface area (Å²) in [5, 5.41) is 2.68. The van der Waals surface area contributed by atoms with Gasteiger partial charge in [-0.25, -0.2) is 8.96 Å². The summed E-state index contributed by atoms with van der Waals surface area (Å²) in [7, 11) is -4.96. The Morgan fingerprint density at radius 3 is 2.30 bits per heavy atom. The van der Waals surface area contributed by atoms with Crippen molar-refractivity contribution in [2.75, 3.05) is 0 Å². The van der Waals surface area contributed by atoms with E-state index in [9.17, 15) is 28.3 Å². The van der Waals surface area contributed by atoms with Crippen LogP contribution in [-0.2, 0) is 9.09 Å². The summed E-state index contributed by atoms with van der Waals surface area (Å²) in [6, 6.07) is 8.33. The molecule has 8 nitrogen and oxygen atoms in total. The zero-order chi connectivity index (χ0) is 22.3. The summed E-state index contributed by atoms with van der Waals surface area (Å²) in [5.41, 5.74) is -0.448. The summed E-state index contributed by atoms with van der Waals surface area (Å²) in [6.07, 6.45) is -1.29. The van der Waals surface area contributed by atoms with Crippen molar-refractivity contribution < 1.29 is 37.6 Å². The molecule has 1 aliphatic rings. The highest BCUT2D eigenvalue weighted by atomic mass is 31.2. The third-order valence-corrected chi connectivity index (χ3v) is 5.26. The molecule has 30 heavy (non-hydrogen) atoms. The third kappa shape index (κ3) is 4.76. The molecule has 160 valence electrons. The van der Waals surface area contributed by atoms with Crippen molar-refractivity contribution in [2.24, 2.45) is 0 Å². The molecule has 2 atom stereocenters. The van der Waals surface area contributed by atoms with Gasteiger partial charge in [-0.1, -0.05) is 0 Å². The fraction of sp³-hybridized carbons (Fsp3) is 0.300. The molecule has 0 radical (unpaired) electrons. The molecular weight excluding hydrogens is 416 g/mol. The average molecular weight is 437 g/mol. The molecular formula is C20H21FNO7P. The van der Waals surface area contributed by atoms with Crippen LogP contribution < -0.4 is 10.1 Å². The highest BCUT2D eigenvalue weighted by molar-refractivity contribution is 7.46. The van der Waals surface area contributed by atoms with E-state index in [1.807, 2.05) is 0 Å². The van der Waals surface area contributed by atoms with E-state index in [4.69, 9.17) is 9.26 Å². The lowest BCUT2D eigenvalue weighted by molar-refractivity contribution is -0.0597. The first-order valence-corrected chi connectivity index (χ1v) is 10.5. The number of carbonyl (C=O) groups excluding carboxylic acids is 2. The van der Waals surface area contributed by atoms with Crippen LogP contribution in [0, 0.1) is 5.82 Å². The lowest BCUT2D eigenvalue weighted by atomic mass is 9.85. The number of Topliss-reactive ketones (excluding diaryl/α,β-unsaturated/α-hetero) is 1. The summed E-state index contributed by atoms with van der Waals surface area (Å²) >= 11 is 0. The topological polar surface area (TPSA) is 122 Å². The molecule has 2 aromatic carbocycles. The molecule has 0 saturated carbocycles. The van der Waals surface area contributed by atoms with Gasteiger partial charge >= 0.3 is 7.82 Å². The summed E-state index contributed by atoms with van der Waals surface area (Å²) in [5.74, 6) is -1.03. The van der Waals surface area contributed by atoms with Crippen molar-refractivity contribution in [3.8, 4) is 5.75 Å². The number of hydrogen-bond donors (Lipinski definition) is 3. The van der Waals surface area contributed by atoms with E-state index < -0.39 is 37.3 Å². The molecule has 2 aromatic rings. The molecule has 3 rings (SSSR count). The van der Waals surface area contributed by atoms with Crippen LogP contribution in [0.2, 0.25) is 0 Å². The Bertz CT molecular complexity index is 1030. The largest absolute Gasteiger partial charge is 0.485 e. The van der Waals surface area contributed by atoms with Gasteiger partial charge in [0.2, 0.25) is 0 Å². The number of nitrogens with one attached hydrogen (secondary N) is 1. The number of hydrogen-bond acceptors (Lipinski definition) is 5. The minimum atomic E-state index is -4.96. The number of ketones is 1. The highest BCUT2D eigenvalue weighted by Crippen LogP contribution is 2.48. The van der Waals surface area contributed by atoms with Gasteiger partial charge < -0.3 is 19.8 Å². The maximum Gasteiger partial charge on any atom is 0.470 e. The first-order chi connectivity index (χ1) is 13.9. The molecule has 1 heterocycles. The number of halogens is 1. The normalized spacial score (nSPS) is 20.1. The molecule has 0 aliphatic carbocycles. The molecule has 0 unspecified atom stereocenters. The quantitative estimate of drug-likeness (QED) is 0.485. The number of fused-ring (bicyclic) bond motifs is 1. The first kappa shape index (κ1) is 22.1. The van der Waals surface area contributed by atoms with E-state index in [-0.39, 0.29) is 11.3 Å². The van der Waals surface area contributed by atoms with Crippen molar-refractivity contribution in [3.05, 3.63) is 65.0 Å². The van der Waals surface area contributed by atoms with Crippen molar-refractivity contribution >= 4 is 19.5 Å². The fourth-order valence-corrected chi connectivity index (χ4v) is 4.00. The Labute approximate surface area is 172 Å². The maximum absolute atomic E-state index is 13.2. The number of benzene rings is 2. The monoisotopic (exact) mass is 437 g/mol. The van der Waals surface area contributed by atoms with Gasteiger partial charge in [0, 0.05) is 16.7 Å². The van der Waals surface area contributed by atoms with Gasteiger partial charge in [-0.15, -0.1) is 0 Å². The van der Waals surface area contributed by atoms with E-state index >= 15 is 0 Å². The SMILES string of the molecule is CC(=O)c1ccc2c(c1)[C@@H](NC(=O)c1ccc(F)cc1)[C@H](OP(=O)(O)O)C(C)(C)O2. The minimum Gasteiger partial charge on any atom is -0.485 e. The van der Waals surface area contributed by atoms with Crippen molar-refractivity contribution in [1.82, 2.24) is 5.32 Å².